The van der Waals surface area contributed by atoms with Crippen molar-refractivity contribution in [2.75, 3.05) is 5.32 Å². The van der Waals surface area contributed by atoms with E-state index in [-0.39, 0.29) is 5.91 Å². The number of hydrogen-bond donors (Lipinski definition) is 1. The molecule has 1 aromatic heterocycles. The summed E-state index contributed by atoms with van der Waals surface area (Å²) in [6.45, 7) is 1.80. The summed E-state index contributed by atoms with van der Waals surface area (Å²) in [5.41, 5.74) is 0.758. The zero-order chi connectivity index (χ0) is 8.81. The second kappa shape index (κ2) is 4.28. The summed E-state index contributed by atoms with van der Waals surface area (Å²) in [6.07, 6.45) is 6.42. The molecule has 0 aliphatic heterocycles. The summed E-state index contributed by atoms with van der Waals surface area (Å²) in [6, 6.07) is 3.47. The number of anilines is 1. The Balaban J connectivity index is 2.59. The van der Waals surface area contributed by atoms with Gasteiger partial charge in [-0.3, -0.25) is 9.78 Å². The van der Waals surface area contributed by atoms with E-state index in [2.05, 4.69) is 10.3 Å². The van der Waals surface area contributed by atoms with Gasteiger partial charge in [0, 0.05) is 18.1 Å². The van der Waals surface area contributed by atoms with E-state index in [0.29, 0.717) is 0 Å². The molecule has 1 N–H and O–H groups in total. The highest BCUT2D eigenvalue weighted by Crippen LogP contribution is 2.02. The van der Waals surface area contributed by atoms with Crippen molar-refractivity contribution in [3.05, 3.63) is 36.7 Å². The van der Waals surface area contributed by atoms with Crippen LogP contribution in [0.3, 0.4) is 0 Å². The van der Waals surface area contributed by atoms with Gasteiger partial charge in [0.2, 0.25) is 5.91 Å². The zero-order valence-corrected chi connectivity index (χ0v) is 6.82. The number of pyridine rings is 1. The number of carbonyl (C=O) groups is 1. The molecule has 3 nitrogen and oxygen atoms in total. The van der Waals surface area contributed by atoms with Crippen LogP contribution in [0.4, 0.5) is 5.69 Å². The molecule has 1 heterocycles. The maximum Gasteiger partial charge on any atom is 0.248 e. The topological polar surface area (TPSA) is 42.0 Å². The van der Waals surface area contributed by atoms with Crippen LogP contribution >= 0.6 is 0 Å². The van der Waals surface area contributed by atoms with E-state index < -0.39 is 0 Å². The number of aromatic nitrogens is 1. The first-order valence-electron chi connectivity index (χ1n) is 3.66. The number of allylic oxidation sites excluding steroid dienone is 1. The molecule has 1 amide bonds. The van der Waals surface area contributed by atoms with Crippen molar-refractivity contribution >= 4 is 11.6 Å². The van der Waals surface area contributed by atoms with E-state index in [1.54, 1.807) is 37.5 Å². The molecule has 0 fully saturated rings. The minimum absolute atomic E-state index is 0.122. The van der Waals surface area contributed by atoms with Gasteiger partial charge in [-0.2, -0.15) is 0 Å². The lowest BCUT2D eigenvalue weighted by atomic mass is 10.4. The van der Waals surface area contributed by atoms with Gasteiger partial charge in [0.1, 0.15) is 0 Å². The lowest BCUT2D eigenvalue weighted by Gasteiger charge is -1.99. The van der Waals surface area contributed by atoms with Crippen LogP contribution in [0, 0.1) is 0 Å². The minimum atomic E-state index is -0.122. The predicted molar refractivity (Wildman–Crippen MR) is 47.7 cm³/mol. The Morgan fingerprint density at radius 2 is 2.17 bits per heavy atom. The summed E-state index contributed by atoms with van der Waals surface area (Å²) in [5, 5.41) is 2.68. The van der Waals surface area contributed by atoms with Crippen LogP contribution in [0.25, 0.3) is 0 Å². The first kappa shape index (κ1) is 8.46. The third-order valence-electron chi connectivity index (χ3n) is 1.27. The monoisotopic (exact) mass is 162 g/mol. The number of hydrogen-bond acceptors (Lipinski definition) is 2. The van der Waals surface area contributed by atoms with Gasteiger partial charge in [0.25, 0.3) is 0 Å². The van der Waals surface area contributed by atoms with Crippen LogP contribution < -0.4 is 5.32 Å². The molecule has 0 saturated heterocycles. The lowest BCUT2D eigenvalue weighted by Crippen LogP contribution is -2.07. The Morgan fingerprint density at radius 3 is 2.75 bits per heavy atom. The lowest BCUT2D eigenvalue weighted by molar-refractivity contribution is -0.111. The van der Waals surface area contributed by atoms with Crippen molar-refractivity contribution in [3.8, 4) is 0 Å². The van der Waals surface area contributed by atoms with E-state index in [0.717, 1.165) is 5.69 Å². The van der Waals surface area contributed by atoms with E-state index in [9.17, 15) is 4.79 Å². The molecule has 0 aliphatic carbocycles. The first-order valence-corrected chi connectivity index (χ1v) is 3.66. The van der Waals surface area contributed by atoms with Crippen molar-refractivity contribution in [2.24, 2.45) is 0 Å². The molecular weight excluding hydrogens is 152 g/mol. The zero-order valence-electron chi connectivity index (χ0n) is 6.82. The highest BCUT2D eigenvalue weighted by atomic mass is 16.1. The van der Waals surface area contributed by atoms with Crippen molar-refractivity contribution in [1.82, 2.24) is 4.98 Å². The van der Waals surface area contributed by atoms with Gasteiger partial charge in [-0.05, 0) is 25.1 Å². The third kappa shape index (κ3) is 2.54. The van der Waals surface area contributed by atoms with Crippen LogP contribution in [0.1, 0.15) is 6.92 Å². The Kier molecular flexibility index (Phi) is 3.02. The number of carbonyl (C=O) groups excluding carboxylic acids is 1. The predicted octanol–water partition coefficient (Wildman–Crippen LogP) is 1.60. The Bertz CT molecular complexity index is 280. The smallest absolute Gasteiger partial charge is 0.248 e. The summed E-state index contributed by atoms with van der Waals surface area (Å²) < 4.78 is 0. The number of amides is 1. The fourth-order valence-corrected chi connectivity index (χ4v) is 0.771. The van der Waals surface area contributed by atoms with Crippen molar-refractivity contribution in [3.63, 3.8) is 0 Å². The van der Waals surface area contributed by atoms with Gasteiger partial charge in [0.15, 0.2) is 0 Å². The van der Waals surface area contributed by atoms with Crippen molar-refractivity contribution in [1.29, 1.82) is 0 Å². The maximum absolute atomic E-state index is 11.0. The van der Waals surface area contributed by atoms with Gasteiger partial charge < -0.3 is 5.32 Å². The quantitative estimate of drug-likeness (QED) is 0.671. The number of nitrogens with zero attached hydrogens (tertiary/aromatic N) is 1. The first-order chi connectivity index (χ1) is 5.83. The van der Waals surface area contributed by atoms with Crippen molar-refractivity contribution < 1.29 is 4.79 Å². The molecule has 62 valence electrons. The molecule has 0 atom stereocenters. The number of rotatable bonds is 2. The SMILES string of the molecule is CC=CC(=O)Nc1ccncc1. The van der Waals surface area contributed by atoms with Gasteiger partial charge in [-0.15, -0.1) is 0 Å². The van der Waals surface area contributed by atoms with Gasteiger partial charge in [0.05, 0.1) is 0 Å². The molecule has 0 aliphatic rings. The molecular formula is C9H10N2O. The summed E-state index contributed by atoms with van der Waals surface area (Å²) in [5.74, 6) is -0.122. The summed E-state index contributed by atoms with van der Waals surface area (Å²) in [4.78, 5) is 14.8. The molecule has 1 rings (SSSR count). The molecule has 0 saturated carbocycles. The van der Waals surface area contributed by atoms with Crippen LogP contribution in [0.15, 0.2) is 36.7 Å². The van der Waals surface area contributed by atoms with Gasteiger partial charge in [-0.1, -0.05) is 6.08 Å². The Morgan fingerprint density at radius 1 is 1.50 bits per heavy atom. The largest absolute Gasteiger partial charge is 0.322 e. The minimum Gasteiger partial charge on any atom is -0.322 e. The standard InChI is InChI=1S/C9H10N2O/c1-2-3-9(12)11-8-4-6-10-7-5-8/h2-7H,1H3,(H,10,11,12). The van der Waals surface area contributed by atoms with E-state index in [1.165, 1.54) is 6.08 Å². The van der Waals surface area contributed by atoms with E-state index in [1.807, 2.05) is 0 Å². The molecule has 3 heteroatoms. The third-order valence-corrected chi connectivity index (χ3v) is 1.27. The molecule has 0 radical (unpaired) electrons. The molecule has 0 aromatic carbocycles. The molecule has 0 bridgehead atoms. The second-order valence-corrected chi connectivity index (χ2v) is 2.23. The second-order valence-electron chi connectivity index (χ2n) is 2.23. The average Bonchev–Trinajstić information content (AvgIpc) is 2.06. The fraction of sp³-hybridized carbons (Fsp3) is 0.111. The number of nitrogens with one attached hydrogen (secondary N) is 1. The molecule has 12 heavy (non-hydrogen) atoms. The van der Waals surface area contributed by atoms with E-state index in [4.69, 9.17) is 0 Å². The van der Waals surface area contributed by atoms with Crippen LogP contribution in [0.5, 0.6) is 0 Å². The van der Waals surface area contributed by atoms with Crippen LogP contribution in [0.2, 0.25) is 0 Å². The summed E-state index contributed by atoms with van der Waals surface area (Å²) in [7, 11) is 0. The Hall–Kier alpha value is -1.64. The summed E-state index contributed by atoms with van der Waals surface area (Å²) >= 11 is 0. The molecule has 0 unspecified atom stereocenters. The Labute approximate surface area is 71.1 Å². The fourth-order valence-electron chi connectivity index (χ4n) is 0.771. The van der Waals surface area contributed by atoms with Gasteiger partial charge >= 0.3 is 0 Å². The van der Waals surface area contributed by atoms with Crippen molar-refractivity contribution in [2.45, 2.75) is 6.92 Å². The molecule has 1 aromatic rings. The average molecular weight is 162 g/mol. The molecule has 0 spiro atoms. The van der Waals surface area contributed by atoms with E-state index >= 15 is 0 Å². The maximum atomic E-state index is 11.0. The highest BCUT2D eigenvalue weighted by molar-refractivity contribution is 5.99. The normalized spacial score (nSPS) is 10.1. The van der Waals surface area contributed by atoms with Gasteiger partial charge in [-0.25, -0.2) is 0 Å². The highest BCUT2D eigenvalue weighted by Gasteiger charge is 1.94. The van der Waals surface area contributed by atoms with Crippen LogP contribution in [-0.4, -0.2) is 10.9 Å². The van der Waals surface area contributed by atoms with Crippen LogP contribution in [-0.2, 0) is 4.79 Å².